The Morgan fingerprint density at radius 1 is 1.07 bits per heavy atom. The number of aromatic amines is 1. The molecule has 1 aliphatic carbocycles. The van der Waals surface area contributed by atoms with Gasteiger partial charge in [-0.25, -0.2) is 9.78 Å². The van der Waals surface area contributed by atoms with E-state index in [1.54, 1.807) is 6.20 Å². The molecule has 2 aromatic heterocycles. The average molecular weight is 365 g/mol. The molecule has 27 heavy (non-hydrogen) atoms. The van der Waals surface area contributed by atoms with Crippen LogP contribution in [-0.4, -0.2) is 27.7 Å². The molecule has 1 aliphatic heterocycles. The normalized spacial score (nSPS) is 15.6. The van der Waals surface area contributed by atoms with Crippen molar-refractivity contribution in [3.8, 4) is 11.5 Å². The van der Waals surface area contributed by atoms with Crippen molar-refractivity contribution in [3.05, 3.63) is 61.9 Å². The molecule has 0 fully saturated rings. The zero-order valence-electron chi connectivity index (χ0n) is 14.8. The standard InChI is InChI=1S/C20H19N3O4/c24-19-17-14-4-1-3-13(14)10-21-18(17)23(20(25)22-19)11-12-5-6-15-16(9-12)27-8-2-7-26-15/h5-6,9-10H,1-4,7-8,11H2,(H,22,24,25). The summed E-state index contributed by atoms with van der Waals surface area (Å²) in [5, 5.41) is 0.541. The monoisotopic (exact) mass is 365 g/mol. The third-order valence-electron chi connectivity index (χ3n) is 5.23. The maximum absolute atomic E-state index is 12.5. The van der Waals surface area contributed by atoms with Gasteiger partial charge >= 0.3 is 5.69 Å². The van der Waals surface area contributed by atoms with E-state index in [2.05, 4.69) is 9.97 Å². The Hall–Kier alpha value is -3.09. The number of nitrogens with one attached hydrogen (secondary N) is 1. The minimum absolute atomic E-state index is 0.300. The van der Waals surface area contributed by atoms with E-state index >= 15 is 0 Å². The van der Waals surface area contributed by atoms with Crippen LogP contribution in [0.25, 0.3) is 11.0 Å². The molecule has 3 heterocycles. The highest BCUT2D eigenvalue weighted by Crippen LogP contribution is 2.31. The predicted molar refractivity (Wildman–Crippen MR) is 99.8 cm³/mol. The van der Waals surface area contributed by atoms with Gasteiger partial charge in [-0.15, -0.1) is 0 Å². The molecule has 3 aromatic rings. The fraction of sp³-hybridized carbons (Fsp3) is 0.350. The molecule has 0 saturated heterocycles. The Balaban J connectivity index is 1.63. The number of nitrogens with zero attached hydrogens (tertiary/aromatic N) is 2. The van der Waals surface area contributed by atoms with Gasteiger partial charge in [-0.05, 0) is 48.1 Å². The number of benzene rings is 1. The Labute approximate surface area is 154 Å². The number of hydrogen-bond donors (Lipinski definition) is 1. The smallest absolute Gasteiger partial charge is 0.330 e. The second kappa shape index (κ2) is 6.26. The predicted octanol–water partition coefficient (Wildman–Crippen LogP) is 1.78. The van der Waals surface area contributed by atoms with Crippen LogP contribution in [0.1, 0.15) is 29.5 Å². The first-order valence-electron chi connectivity index (χ1n) is 9.23. The van der Waals surface area contributed by atoms with Crippen LogP contribution in [0.3, 0.4) is 0 Å². The lowest BCUT2D eigenvalue weighted by molar-refractivity contribution is 0.297. The van der Waals surface area contributed by atoms with E-state index in [0.717, 1.165) is 42.4 Å². The molecule has 0 bridgehead atoms. The van der Waals surface area contributed by atoms with Crippen LogP contribution in [0.15, 0.2) is 34.0 Å². The zero-order chi connectivity index (χ0) is 18.4. The molecule has 5 rings (SSSR count). The summed E-state index contributed by atoms with van der Waals surface area (Å²) in [6.45, 7) is 1.53. The largest absolute Gasteiger partial charge is 0.490 e. The molecule has 0 unspecified atom stereocenters. The molecule has 0 atom stereocenters. The summed E-state index contributed by atoms with van der Waals surface area (Å²) in [5.74, 6) is 1.39. The summed E-state index contributed by atoms with van der Waals surface area (Å²) < 4.78 is 12.9. The molecule has 0 amide bonds. The minimum Gasteiger partial charge on any atom is -0.490 e. The Kier molecular flexibility index (Phi) is 3.74. The summed E-state index contributed by atoms with van der Waals surface area (Å²) in [5.41, 5.74) is 2.65. The third kappa shape index (κ3) is 2.70. The van der Waals surface area contributed by atoms with Crippen molar-refractivity contribution >= 4 is 11.0 Å². The van der Waals surface area contributed by atoms with Gasteiger partial charge in [0, 0.05) is 12.6 Å². The Morgan fingerprint density at radius 3 is 2.81 bits per heavy atom. The molecule has 1 N–H and O–H groups in total. The number of hydrogen-bond acceptors (Lipinski definition) is 5. The van der Waals surface area contributed by atoms with Crippen molar-refractivity contribution in [2.24, 2.45) is 0 Å². The Bertz CT molecular complexity index is 1160. The molecular weight excluding hydrogens is 346 g/mol. The van der Waals surface area contributed by atoms with Gasteiger partial charge in [0.25, 0.3) is 5.56 Å². The van der Waals surface area contributed by atoms with E-state index in [1.807, 2.05) is 18.2 Å². The van der Waals surface area contributed by atoms with Crippen LogP contribution in [0.4, 0.5) is 0 Å². The van der Waals surface area contributed by atoms with Crippen LogP contribution in [0.2, 0.25) is 0 Å². The lowest BCUT2D eigenvalue weighted by Gasteiger charge is -2.13. The van der Waals surface area contributed by atoms with Crippen LogP contribution in [0, 0.1) is 0 Å². The number of pyridine rings is 1. The molecule has 1 aromatic carbocycles. The topological polar surface area (TPSA) is 86.2 Å². The highest BCUT2D eigenvalue weighted by molar-refractivity contribution is 5.79. The summed E-state index contributed by atoms with van der Waals surface area (Å²) in [7, 11) is 0. The highest BCUT2D eigenvalue weighted by Gasteiger charge is 2.20. The molecule has 7 heteroatoms. The molecule has 0 spiro atoms. The molecular formula is C20H19N3O4. The van der Waals surface area contributed by atoms with Crippen LogP contribution in [0.5, 0.6) is 11.5 Å². The lowest BCUT2D eigenvalue weighted by atomic mass is 10.1. The van der Waals surface area contributed by atoms with Gasteiger partial charge in [-0.3, -0.25) is 14.3 Å². The van der Waals surface area contributed by atoms with Gasteiger partial charge in [-0.2, -0.15) is 0 Å². The van der Waals surface area contributed by atoms with Crippen LogP contribution < -0.4 is 20.7 Å². The van der Waals surface area contributed by atoms with Crippen molar-refractivity contribution < 1.29 is 9.47 Å². The SMILES string of the molecule is O=c1[nH]c(=O)n(Cc2ccc3c(c2)OCCCO3)c2ncc3c(c12)CCC3. The van der Waals surface area contributed by atoms with Crippen molar-refractivity contribution in [1.29, 1.82) is 0 Å². The second-order valence-electron chi connectivity index (χ2n) is 6.99. The second-order valence-corrected chi connectivity index (χ2v) is 6.99. The maximum atomic E-state index is 12.5. The van der Waals surface area contributed by atoms with Crippen LogP contribution in [-0.2, 0) is 19.4 Å². The first kappa shape index (κ1) is 16.1. The van der Waals surface area contributed by atoms with Gasteiger partial charge in [0.1, 0.15) is 5.65 Å². The molecule has 138 valence electrons. The van der Waals surface area contributed by atoms with Gasteiger partial charge in [-0.1, -0.05) is 6.07 Å². The average Bonchev–Trinajstić information content (AvgIpc) is 3.02. The maximum Gasteiger partial charge on any atom is 0.330 e. The van der Waals surface area contributed by atoms with E-state index in [0.29, 0.717) is 42.3 Å². The van der Waals surface area contributed by atoms with Gasteiger partial charge < -0.3 is 9.47 Å². The Morgan fingerprint density at radius 2 is 1.93 bits per heavy atom. The van der Waals surface area contributed by atoms with Gasteiger partial charge in [0.2, 0.25) is 0 Å². The fourth-order valence-corrected chi connectivity index (χ4v) is 3.94. The first-order chi connectivity index (χ1) is 13.2. The summed E-state index contributed by atoms with van der Waals surface area (Å²) in [6, 6.07) is 5.65. The number of aromatic nitrogens is 3. The van der Waals surface area contributed by atoms with Crippen molar-refractivity contribution in [2.75, 3.05) is 13.2 Å². The lowest BCUT2D eigenvalue weighted by Crippen LogP contribution is -2.31. The van der Waals surface area contributed by atoms with Crippen molar-refractivity contribution in [1.82, 2.24) is 14.5 Å². The van der Waals surface area contributed by atoms with E-state index < -0.39 is 5.69 Å². The molecule has 0 saturated carbocycles. The van der Waals surface area contributed by atoms with Gasteiger partial charge in [0.05, 0.1) is 25.1 Å². The number of H-pyrrole nitrogens is 1. The summed E-state index contributed by atoms with van der Waals surface area (Å²) >= 11 is 0. The molecule has 7 nitrogen and oxygen atoms in total. The van der Waals surface area contributed by atoms with Crippen molar-refractivity contribution in [2.45, 2.75) is 32.2 Å². The third-order valence-corrected chi connectivity index (χ3v) is 5.23. The fourth-order valence-electron chi connectivity index (χ4n) is 3.94. The number of ether oxygens (including phenoxy) is 2. The van der Waals surface area contributed by atoms with E-state index in [1.165, 1.54) is 4.57 Å². The zero-order valence-corrected chi connectivity index (χ0v) is 14.8. The van der Waals surface area contributed by atoms with E-state index in [9.17, 15) is 9.59 Å². The number of aryl methyl sites for hydroxylation is 2. The van der Waals surface area contributed by atoms with E-state index in [-0.39, 0.29) is 5.56 Å². The first-order valence-corrected chi connectivity index (χ1v) is 9.23. The molecule has 2 aliphatic rings. The summed E-state index contributed by atoms with van der Waals surface area (Å²) in [4.78, 5) is 31.9. The number of rotatable bonds is 2. The highest BCUT2D eigenvalue weighted by atomic mass is 16.5. The molecule has 0 radical (unpaired) electrons. The number of fused-ring (bicyclic) bond motifs is 4. The van der Waals surface area contributed by atoms with Crippen LogP contribution >= 0.6 is 0 Å². The minimum atomic E-state index is -0.454. The van der Waals surface area contributed by atoms with Gasteiger partial charge in [0.15, 0.2) is 11.5 Å². The quantitative estimate of drug-likeness (QED) is 0.748. The van der Waals surface area contributed by atoms with E-state index in [4.69, 9.17) is 9.47 Å². The van der Waals surface area contributed by atoms with Crippen molar-refractivity contribution in [3.63, 3.8) is 0 Å². The summed E-state index contributed by atoms with van der Waals surface area (Å²) in [6.07, 6.45) is 5.42.